The van der Waals surface area contributed by atoms with Crippen molar-refractivity contribution in [3.8, 4) is 0 Å². The average molecular weight is 227 g/mol. The van der Waals surface area contributed by atoms with Gasteiger partial charge in [-0.3, -0.25) is 4.79 Å². The van der Waals surface area contributed by atoms with Crippen molar-refractivity contribution in [2.24, 2.45) is 5.92 Å². The van der Waals surface area contributed by atoms with Crippen LogP contribution in [0.15, 0.2) is 24.3 Å². The lowest BCUT2D eigenvalue weighted by Crippen LogP contribution is -2.17. The summed E-state index contributed by atoms with van der Waals surface area (Å²) in [5.41, 5.74) is 2.32. The number of carbonyl (C=O) groups excluding carboxylic acids is 1. The van der Waals surface area contributed by atoms with Crippen LogP contribution in [0.25, 0.3) is 0 Å². The first-order valence-corrected chi connectivity index (χ1v) is 5.25. The van der Waals surface area contributed by atoms with Crippen molar-refractivity contribution in [2.45, 2.75) is 13.3 Å². The molecule has 82 valence electrons. The van der Waals surface area contributed by atoms with E-state index in [2.05, 4.69) is 0 Å². The SMILES string of the molecule is COCC(Cc1ccc(C)cc1)C(=O)Cl. The van der Waals surface area contributed by atoms with Crippen LogP contribution in [0.4, 0.5) is 0 Å². The summed E-state index contributed by atoms with van der Waals surface area (Å²) in [5.74, 6) is -0.251. The summed E-state index contributed by atoms with van der Waals surface area (Å²) in [7, 11) is 1.57. The molecule has 0 N–H and O–H groups in total. The van der Waals surface area contributed by atoms with E-state index in [9.17, 15) is 4.79 Å². The van der Waals surface area contributed by atoms with Gasteiger partial charge in [0.25, 0.3) is 0 Å². The molecule has 15 heavy (non-hydrogen) atoms. The Morgan fingerprint density at radius 2 is 2.00 bits per heavy atom. The Morgan fingerprint density at radius 1 is 1.40 bits per heavy atom. The molecule has 1 aromatic rings. The van der Waals surface area contributed by atoms with Crippen molar-refractivity contribution in [3.05, 3.63) is 35.4 Å². The summed E-state index contributed by atoms with van der Waals surface area (Å²) in [5, 5.41) is -0.336. The van der Waals surface area contributed by atoms with Crippen molar-refractivity contribution in [1.29, 1.82) is 0 Å². The molecule has 0 radical (unpaired) electrons. The molecule has 2 nitrogen and oxygen atoms in total. The molecular formula is C12H15ClO2. The van der Waals surface area contributed by atoms with Gasteiger partial charge in [-0.2, -0.15) is 0 Å². The topological polar surface area (TPSA) is 26.3 Å². The predicted octanol–water partition coefficient (Wildman–Crippen LogP) is 2.57. The van der Waals surface area contributed by atoms with Gasteiger partial charge in [0.1, 0.15) is 0 Å². The third kappa shape index (κ3) is 4.02. The number of rotatable bonds is 5. The number of ether oxygens (including phenoxy) is 1. The second-order valence-corrected chi connectivity index (χ2v) is 4.02. The number of methoxy groups -OCH3 is 1. The Labute approximate surface area is 95.2 Å². The molecule has 3 heteroatoms. The van der Waals surface area contributed by atoms with Gasteiger partial charge in [-0.1, -0.05) is 29.8 Å². The lowest BCUT2D eigenvalue weighted by Gasteiger charge is -2.11. The van der Waals surface area contributed by atoms with Crippen molar-refractivity contribution < 1.29 is 9.53 Å². The van der Waals surface area contributed by atoms with Crippen molar-refractivity contribution in [3.63, 3.8) is 0 Å². The third-order valence-corrected chi connectivity index (χ3v) is 2.60. The quantitative estimate of drug-likeness (QED) is 0.722. The smallest absolute Gasteiger partial charge is 0.227 e. The fourth-order valence-electron chi connectivity index (χ4n) is 1.41. The van der Waals surface area contributed by atoms with Crippen LogP contribution in [0.5, 0.6) is 0 Å². The highest BCUT2D eigenvalue weighted by Crippen LogP contribution is 2.13. The summed E-state index contributed by atoms with van der Waals surface area (Å²) < 4.78 is 4.96. The number of benzene rings is 1. The fourth-order valence-corrected chi connectivity index (χ4v) is 1.55. The summed E-state index contributed by atoms with van der Waals surface area (Å²) in [6, 6.07) is 8.07. The van der Waals surface area contributed by atoms with Gasteiger partial charge in [-0.15, -0.1) is 0 Å². The van der Waals surface area contributed by atoms with Crippen LogP contribution in [0, 0.1) is 12.8 Å². The molecule has 0 spiro atoms. The number of carbonyl (C=O) groups is 1. The maximum atomic E-state index is 11.1. The molecule has 0 amide bonds. The molecule has 0 aliphatic heterocycles. The minimum atomic E-state index is -0.336. The van der Waals surface area contributed by atoms with Crippen molar-refractivity contribution >= 4 is 16.8 Å². The van der Waals surface area contributed by atoms with Gasteiger partial charge >= 0.3 is 0 Å². The standard InChI is InChI=1S/C12H15ClO2/c1-9-3-5-10(6-4-9)7-11(8-15-2)12(13)14/h3-6,11H,7-8H2,1-2H3. The van der Waals surface area contributed by atoms with Gasteiger partial charge in [0.15, 0.2) is 0 Å². The zero-order valence-electron chi connectivity index (χ0n) is 9.00. The monoisotopic (exact) mass is 226 g/mol. The Kier molecular flexibility index (Phi) is 4.79. The molecule has 0 aromatic heterocycles. The van der Waals surface area contributed by atoms with Crippen LogP contribution in [-0.2, 0) is 16.0 Å². The minimum absolute atomic E-state index is 0.251. The summed E-state index contributed by atoms with van der Waals surface area (Å²) in [6.07, 6.45) is 0.635. The molecule has 1 aromatic carbocycles. The maximum absolute atomic E-state index is 11.1. The Balaban J connectivity index is 2.65. The van der Waals surface area contributed by atoms with Gasteiger partial charge in [0.2, 0.25) is 5.24 Å². The Bertz CT molecular complexity index is 319. The van der Waals surface area contributed by atoms with Crippen LogP contribution in [-0.4, -0.2) is 19.0 Å². The van der Waals surface area contributed by atoms with E-state index in [0.717, 1.165) is 5.56 Å². The summed E-state index contributed by atoms with van der Waals surface area (Å²) >= 11 is 5.48. The maximum Gasteiger partial charge on any atom is 0.227 e. The highest BCUT2D eigenvalue weighted by Gasteiger charge is 2.16. The predicted molar refractivity (Wildman–Crippen MR) is 61.1 cm³/mol. The van der Waals surface area contributed by atoms with E-state index in [1.165, 1.54) is 5.56 Å². The van der Waals surface area contributed by atoms with E-state index in [1.54, 1.807) is 7.11 Å². The summed E-state index contributed by atoms with van der Waals surface area (Å²) in [4.78, 5) is 11.1. The van der Waals surface area contributed by atoms with E-state index in [1.807, 2.05) is 31.2 Å². The van der Waals surface area contributed by atoms with E-state index >= 15 is 0 Å². The Hall–Kier alpha value is -0.860. The first-order valence-electron chi connectivity index (χ1n) is 4.87. The summed E-state index contributed by atoms with van der Waals surface area (Å²) in [6.45, 7) is 2.40. The second kappa shape index (κ2) is 5.89. The molecule has 0 aliphatic rings. The van der Waals surface area contributed by atoms with Crippen molar-refractivity contribution in [2.75, 3.05) is 13.7 Å². The van der Waals surface area contributed by atoms with Crippen LogP contribution in [0.3, 0.4) is 0 Å². The first-order chi connectivity index (χ1) is 7.13. The molecule has 0 bridgehead atoms. The van der Waals surface area contributed by atoms with Gasteiger partial charge in [0.05, 0.1) is 12.5 Å². The second-order valence-electron chi connectivity index (χ2n) is 3.65. The van der Waals surface area contributed by atoms with E-state index < -0.39 is 0 Å². The average Bonchev–Trinajstić information content (AvgIpc) is 2.20. The number of aryl methyl sites for hydroxylation is 1. The Morgan fingerprint density at radius 3 is 2.47 bits per heavy atom. The van der Waals surface area contributed by atoms with Gasteiger partial charge in [0, 0.05) is 7.11 Å². The molecule has 0 aliphatic carbocycles. The minimum Gasteiger partial charge on any atom is -0.384 e. The number of halogens is 1. The molecule has 0 heterocycles. The lowest BCUT2D eigenvalue weighted by molar-refractivity contribution is -0.116. The fraction of sp³-hybridized carbons (Fsp3) is 0.417. The number of hydrogen-bond acceptors (Lipinski definition) is 2. The van der Waals surface area contributed by atoms with Crippen LogP contribution < -0.4 is 0 Å². The number of hydrogen-bond donors (Lipinski definition) is 0. The molecule has 1 rings (SSSR count). The normalized spacial score (nSPS) is 12.5. The van der Waals surface area contributed by atoms with Crippen LogP contribution in [0.1, 0.15) is 11.1 Å². The molecule has 0 saturated carbocycles. The lowest BCUT2D eigenvalue weighted by atomic mass is 10.0. The molecular weight excluding hydrogens is 212 g/mol. The highest BCUT2D eigenvalue weighted by molar-refractivity contribution is 6.64. The third-order valence-electron chi connectivity index (χ3n) is 2.29. The van der Waals surface area contributed by atoms with E-state index in [0.29, 0.717) is 13.0 Å². The zero-order chi connectivity index (χ0) is 11.3. The van der Waals surface area contributed by atoms with Gasteiger partial charge in [-0.05, 0) is 30.5 Å². The largest absolute Gasteiger partial charge is 0.384 e. The van der Waals surface area contributed by atoms with Crippen molar-refractivity contribution in [1.82, 2.24) is 0 Å². The molecule has 0 fully saturated rings. The molecule has 1 atom stereocenters. The van der Waals surface area contributed by atoms with E-state index in [4.69, 9.17) is 16.3 Å². The van der Waals surface area contributed by atoms with Gasteiger partial charge in [-0.25, -0.2) is 0 Å². The zero-order valence-corrected chi connectivity index (χ0v) is 9.75. The van der Waals surface area contributed by atoms with Crippen LogP contribution >= 0.6 is 11.6 Å². The van der Waals surface area contributed by atoms with E-state index in [-0.39, 0.29) is 11.2 Å². The van der Waals surface area contributed by atoms with Gasteiger partial charge < -0.3 is 4.74 Å². The molecule has 1 unspecified atom stereocenters. The highest BCUT2D eigenvalue weighted by atomic mass is 35.5. The first kappa shape index (κ1) is 12.2. The van der Waals surface area contributed by atoms with Crippen LogP contribution in [0.2, 0.25) is 0 Å². The molecule has 0 saturated heterocycles.